The van der Waals surface area contributed by atoms with Crippen LogP contribution in [0.4, 0.5) is 0 Å². The topological polar surface area (TPSA) is 49.3 Å². The van der Waals surface area contributed by atoms with E-state index in [-0.39, 0.29) is 17.6 Å². The lowest BCUT2D eigenvalue weighted by atomic mass is 9.82. The normalized spacial score (nSPS) is 17.0. The third kappa shape index (κ3) is 3.07. The largest absolute Gasteiger partial charge is 0.508 e. The van der Waals surface area contributed by atoms with E-state index in [0.717, 1.165) is 24.8 Å². The fourth-order valence-electron chi connectivity index (χ4n) is 2.95. The summed E-state index contributed by atoms with van der Waals surface area (Å²) in [4.78, 5) is 12.4. The molecule has 1 atom stereocenters. The minimum absolute atomic E-state index is 0.0351. The Balaban J connectivity index is 1.68. The van der Waals surface area contributed by atoms with E-state index < -0.39 is 0 Å². The molecule has 3 rings (SSSR count). The Morgan fingerprint density at radius 3 is 2.71 bits per heavy atom. The van der Waals surface area contributed by atoms with Crippen molar-refractivity contribution in [3.63, 3.8) is 0 Å². The minimum Gasteiger partial charge on any atom is -0.508 e. The SMILES string of the molecule is O=C(NCc1ccc(O)cc1)C1CCCc2ccccc21. The zero-order chi connectivity index (χ0) is 14.7. The predicted molar refractivity (Wildman–Crippen MR) is 82.1 cm³/mol. The second-order valence-electron chi connectivity index (χ2n) is 5.53. The van der Waals surface area contributed by atoms with E-state index >= 15 is 0 Å². The summed E-state index contributed by atoms with van der Waals surface area (Å²) < 4.78 is 0. The molecule has 0 fully saturated rings. The Labute approximate surface area is 124 Å². The smallest absolute Gasteiger partial charge is 0.227 e. The van der Waals surface area contributed by atoms with Crippen molar-refractivity contribution in [2.24, 2.45) is 0 Å². The molecule has 0 saturated carbocycles. The van der Waals surface area contributed by atoms with Crippen LogP contribution in [0.5, 0.6) is 5.75 Å². The van der Waals surface area contributed by atoms with Crippen molar-refractivity contribution in [2.75, 3.05) is 0 Å². The second-order valence-corrected chi connectivity index (χ2v) is 5.53. The van der Waals surface area contributed by atoms with Gasteiger partial charge in [0.05, 0.1) is 5.92 Å². The molecule has 0 aliphatic heterocycles. The number of aromatic hydroxyl groups is 1. The number of phenols is 1. The summed E-state index contributed by atoms with van der Waals surface area (Å²) in [7, 11) is 0. The maximum Gasteiger partial charge on any atom is 0.227 e. The van der Waals surface area contributed by atoms with Gasteiger partial charge >= 0.3 is 0 Å². The first-order valence-corrected chi connectivity index (χ1v) is 7.37. The van der Waals surface area contributed by atoms with Gasteiger partial charge < -0.3 is 10.4 Å². The highest BCUT2D eigenvalue weighted by Crippen LogP contribution is 2.31. The van der Waals surface area contributed by atoms with Gasteiger partial charge in [-0.05, 0) is 48.1 Å². The molecule has 3 nitrogen and oxygen atoms in total. The van der Waals surface area contributed by atoms with Gasteiger partial charge in [0.1, 0.15) is 5.75 Å². The molecule has 1 unspecified atom stereocenters. The van der Waals surface area contributed by atoms with Gasteiger partial charge in [-0.1, -0.05) is 36.4 Å². The van der Waals surface area contributed by atoms with Crippen molar-refractivity contribution < 1.29 is 9.90 Å². The van der Waals surface area contributed by atoms with Crippen LogP contribution in [0.2, 0.25) is 0 Å². The molecule has 2 aromatic rings. The number of carbonyl (C=O) groups is 1. The quantitative estimate of drug-likeness (QED) is 0.908. The molecule has 1 aliphatic carbocycles. The maximum atomic E-state index is 12.4. The molecule has 0 radical (unpaired) electrons. The molecule has 21 heavy (non-hydrogen) atoms. The number of aryl methyl sites for hydroxylation is 1. The summed E-state index contributed by atoms with van der Waals surface area (Å²) >= 11 is 0. The highest BCUT2D eigenvalue weighted by molar-refractivity contribution is 5.84. The van der Waals surface area contributed by atoms with Crippen LogP contribution in [0.1, 0.15) is 35.4 Å². The van der Waals surface area contributed by atoms with Crippen molar-refractivity contribution in [1.29, 1.82) is 0 Å². The van der Waals surface area contributed by atoms with Gasteiger partial charge in [-0.15, -0.1) is 0 Å². The zero-order valence-corrected chi connectivity index (χ0v) is 11.9. The van der Waals surface area contributed by atoms with Gasteiger partial charge in [-0.25, -0.2) is 0 Å². The molecule has 0 aromatic heterocycles. The third-order valence-corrected chi connectivity index (χ3v) is 4.09. The number of amides is 1. The summed E-state index contributed by atoms with van der Waals surface area (Å²) in [6.07, 6.45) is 3.05. The molecular weight excluding hydrogens is 262 g/mol. The number of carbonyl (C=O) groups excluding carboxylic acids is 1. The molecule has 0 saturated heterocycles. The summed E-state index contributed by atoms with van der Waals surface area (Å²) in [5.74, 6) is 0.300. The van der Waals surface area contributed by atoms with E-state index in [1.54, 1.807) is 12.1 Å². The Morgan fingerprint density at radius 1 is 1.14 bits per heavy atom. The maximum absolute atomic E-state index is 12.4. The van der Waals surface area contributed by atoms with Crippen molar-refractivity contribution in [3.8, 4) is 5.75 Å². The average Bonchev–Trinajstić information content (AvgIpc) is 2.53. The highest BCUT2D eigenvalue weighted by Gasteiger charge is 2.25. The monoisotopic (exact) mass is 281 g/mol. The number of nitrogens with one attached hydrogen (secondary N) is 1. The van der Waals surface area contributed by atoms with Crippen molar-refractivity contribution >= 4 is 5.91 Å². The number of benzene rings is 2. The van der Waals surface area contributed by atoms with Crippen LogP contribution in [0.15, 0.2) is 48.5 Å². The van der Waals surface area contributed by atoms with Gasteiger partial charge in [-0.3, -0.25) is 4.79 Å². The Kier molecular flexibility index (Phi) is 3.91. The van der Waals surface area contributed by atoms with Crippen LogP contribution in [0, 0.1) is 0 Å². The van der Waals surface area contributed by atoms with Crippen molar-refractivity contribution in [3.05, 3.63) is 65.2 Å². The predicted octanol–water partition coefficient (Wildman–Crippen LogP) is 3.13. The van der Waals surface area contributed by atoms with Gasteiger partial charge in [0.2, 0.25) is 5.91 Å². The number of fused-ring (bicyclic) bond motifs is 1. The summed E-state index contributed by atoms with van der Waals surface area (Å²) in [5, 5.41) is 12.3. The molecular formula is C18H19NO2. The van der Waals surface area contributed by atoms with Crippen LogP contribution in [-0.2, 0) is 17.8 Å². The van der Waals surface area contributed by atoms with E-state index in [1.807, 2.05) is 24.3 Å². The van der Waals surface area contributed by atoms with Crippen molar-refractivity contribution in [1.82, 2.24) is 5.32 Å². The molecule has 0 spiro atoms. The lowest BCUT2D eigenvalue weighted by Gasteiger charge is -2.24. The van der Waals surface area contributed by atoms with E-state index in [9.17, 15) is 9.90 Å². The van der Waals surface area contributed by atoms with Crippen molar-refractivity contribution in [2.45, 2.75) is 31.7 Å². The van der Waals surface area contributed by atoms with E-state index in [0.29, 0.717) is 6.54 Å². The average molecular weight is 281 g/mol. The number of hydrogen-bond acceptors (Lipinski definition) is 2. The third-order valence-electron chi connectivity index (χ3n) is 4.09. The zero-order valence-electron chi connectivity index (χ0n) is 11.9. The fraction of sp³-hybridized carbons (Fsp3) is 0.278. The highest BCUT2D eigenvalue weighted by atomic mass is 16.3. The van der Waals surface area contributed by atoms with E-state index in [1.165, 1.54) is 11.1 Å². The molecule has 0 bridgehead atoms. The number of hydrogen-bond donors (Lipinski definition) is 2. The van der Waals surface area contributed by atoms with Crippen LogP contribution >= 0.6 is 0 Å². The van der Waals surface area contributed by atoms with Gasteiger partial charge in [0, 0.05) is 6.54 Å². The Hall–Kier alpha value is -2.29. The first kappa shape index (κ1) is 13.7. The molecule has 2 aromatic carbocycles. The Bertz CT molecular complexity index is 634. The first-order valence-electron chi connectivity index (χ1n) is 7.37. The molecule has 3 heteroatoms. The van der Waals surface area contributed by atoms with Crippen LogP contribution in [0.3, 0.4) is 0 Å². The molecule has 1 amide bonds. The summed E-state index contributed by atoms with van der Waals surface area (Å²) in [6.45, 7) is 0.498. The number of phenolic OH excluding ortho intramolecular Hbond substituents is 1. The van der Waals surface area contributed by atoms with Crippen LogP contribution < -0.4 is 5.32 Å². The standard InChI is InChI=1S/C18H19NO2/c20-15-10-8-13(9-11-15)12-19-18(21)17-7-3-5-14-4-1-2-6-16(14)17/h1-2,4,6,8-11,17,20H,3,5,7,12H2,(H,19,21). The van der Waals surface area contributed by atoms with E-state index in [4.69, 9.17) is 0 Å². The molecule has 108 valence electrons. The minimum atomic E-state index is -0.0351. The number of rotatable bonds is 3. The second kappa shape index (κ2) is 6.00. The van der Waals surface area contributed by atoms with Gasteiger partial charge in [0.15, 0.2) is 0 Å². The van der Waals surface area contributed by atoms with Crippen LogP contribution in [-0.4, -0.2) is 11.0 Å². The first-order chi connectivity index (χ1) is 10.2. The molecule has 1 aliphatic rings. The summed E-state index contributed by atoms with van der Waals surface area (Å²) in [6, 6.07) is 15.2. The Morgan fingerprint density at radius 2 is 1.90 bits per heavy atom. The molecule has 2 N–H and O–H groups in total. The van der Waals surface area contributed by atoms with Crippen LogP contribution in [0.25, 0.3) is 0 Å². The van der Waals surface area contributed by atoms with E-state index in [2.05, 4.69) is 17.4 Å². The fourth-order valence-corrected chi connectivity index (χ4v) is 2.95. The van der Waals surface area contributed by atoms with Gasteiger partial charge in [0.25, 0.3) is 0 Å². The lowest BCUT2D eigenvalue weighted by molar-refractivity contribution is -0.123. The lowest BCUT2D eigenvalue weighted by Crippen LogP contribution is -2.31. The van der Waals surface area contributed by atoms with Gasteiger partial charge in [-0.2, -0.15) is 0 Å². The molecule has 0 heterocycles. The summed E-state index contributed by atoms with van der Waals surface area (Å²) in [5.41, 5.74) is 3.46.